The Bertz CT molecular complexity index is 639. The van der Waals surface area contributed by atoms with Gasteiger partial charge in [-0.3, -0.25) is 14.9 Å². The maximum Gasteiger partial charge on any atom is 0.244 e. The average Bonchev–Trinajstić information content (AvgIpc) is 2.31. The number of nitrogen functional groups attached to an aromatic ring is 1. The Morgan fingerprint density at radius 1 is 1.21 bits per heavy atom. The molecule has 8 nitrogen and oxygen atoms in total. The van der Waals surface area contributed by atoms with E-state index in [1.165, 1.54) is 0 Å². The van der Waals surface area contributed by atoms with Gasteiger partial charge in [-0.1, -0.05) is 0 Å². The van der Waals surface area contributed by atoms with Gasteiger partial charge in [0.15, 0.2) is 0 Å². The number of phenols is 1. The van der Waals surface area contributed by atoms with Crippen molar-refractivity contribution in [3.05, 3.63) is 18.2 Å². The number of benzene rings is 1. The van der Waals surface area contributed by atoms with E-state index in [4.69, 9.17) is 5.73 Å². The molecule has 0 radical (unpaired) electrons. The molecule has 2 amide bonds. The van der Waals surface area contributed by atoms with Gasteiger partial charge in [-0.2, -0.15) is 4.31 Å². The molecule has 1 fully saturated rings. The third kappa shape index (κ3) is 2.51. The maximum atomic E-state index is 12.2. The Hall–Kier alpha value is -2.13. The molecule has 4 N–H and O–H groups in total. The largest absolute Gasteiger partial charge is 0.506 e. The topological polar surface area (TPSA) is 130 Å². The van der Waals surface area contributed by atoms with Gasteiger partial charge in [0.05, 0.1) is 23.7 Å². The van der Waals surface area contributed by atoms with Gasteiger partial charge in [-0.15, -0.1) is 0 Å². The first kappa shape index (κ1) is 13.3. The van der Waals surface area contributed by atoms with Crippen LogP contribution in [0.5, 0.6) is 5.75 Å². The van der Waals surface area contributed by atoms with E-state index in [0.717, 1.165) is 22.5 Å². The lowest BCUT2D eigenvalue weighted by Gasteiger charge is -2.24. The maximum absolute atomic E-state index is 12.2. The first-order valence-electron chi connectivity index (χ1n) is 5.22. The fourth-order valence-electron chi connectivity index (χ4n) is 1.62. The van der Waals surface area contributed by atoms with Crippen LogP contribution in [0.15, 0.2) is 23.1 Å². The van der Waals surface area contributed by atoms with Crippen LogP contribution in [0.25, 0.3) is 0 Å². The number of sulfonamides is 1. The molecule has 0 aromatic heterocycles. The standard InChI is InChI=1S/C10H11N3O5S/c11-7-3-6(1-2-8(7)14)19(17,18)13-4-9(15)12-10(16)5-13/h1-3,14H,4-5,11H2,(H,12,15,16). The predicted molar refractivity (Wildman–Crippen MR) is 64.4 cm³/mol. The van der Waals surface area contributed by atoms with Gasteiger partial charge in [-0.25, -0.2) is 8.42 Å². The van der Waals surface area contributed by atoms with Crippen molar-refractivity contribution in [3.63, 3.8) is 0 Å². The van der Waals surface area contributed by atoms with Crippen LogP contribution >= 0.6 is 0 Å². The lowest BCUT2D eigenvalue weighted by atomic mass is 10.3. The molecular formula is C10H11N3O5S. The van der Waals surface area contributed by atoms with Crippen molar-refractivity contribution in [2.75, 3.05) is 18.8 Å². The van der Waals surface area contributed by atoms with E-state index >= 15 is 0 Å². The third-order valence-electron chi connectivity index (χ3n) is 2.56. The average molecular weight is 285 g/mol. The molecule has 0 saturated carbocycles. The van der Waals surface area contributed by atoms with Crippen LogP contribution in [0.1, 0.15) is 0 Å². The highest BCUT2D eigenvalue weighted by atomic mass is 32.2. The van der Waals surface area contributed by atoms with Crippen molar-refractivity contribution in [2.24, 2.45) is 0 Å². The summed E-state index contributed by atoms with van der Waals surface area (Å²) in [5.41, 5.74) is 5.32. The zero-order valence-corrected chi connectivity index (χ0v) is 10.5. The normalized spacial score (nSPS) is 17.3. The summed E-state index contributed by atoms with van der Waals surface area (Å²) in [6.45, 7) is -0.871. The summed E-state index contributed by atoms with van der Waals surface area (Å²) in [6, 6.07) is 3.35. The number of phenolic OH excluding ortho intramolecular Hbond substituents is 1. The molecule has 0 atom stereocenters. The number of amides is 2. The molecule has 9 heteroatoms. The summed E-state index contributed by atoms with van der Waals surface area (Å²) < 4.78 is 25.1. The molecule has 0 bridgehead atoms. The lowest BCUT2D eigenvalue weighted by Crippen LogP contribution is -2.53. The third-order valence-corrected chi connectivity index (χ3v) is 4.34. The zero-order chi connectivity index (χ0) is 14.2. The number of nitrogens with one attached hydrogen (secondary N) is 1. The van der Waals surface area contributed by atoms with E-state index < -0.39 is 34.9 Å². The Kier molecular flexibility index (Phi) is 3.16. The van der Waals surface area contributed by atoms with E-state index in [-0.39, 0.29) is 16.3 Å². The van der Waals surface area contributed by atoms with Gasteiger partial charge < -0.3 is 10.8 Å². The highest BCUT2D eigenvalue weighted by molar-refractivity contribution is 7.89. The molecule has 1 heterocycles. The van der Waals surface area contributed by atoms with Crippen LogP contribution in [0.2, 0.25) is 0 Å². The molecule has 102 valence electrons. The lowest BCUT2D eigenvalue weighted by molar-refractivity contribution is -0.134. The molecule has 0 aliphatic carbocycles. The summed E-state index contributed by atoms with van der Waals surface area (Å²) in [7, 11) is -4.01. The minimum atomic E-state index is -4.01. The Labute approximate surface area is 108 Å². The predicted octanol–water partition coefficient (Wildman–Crippen LogP) is -1.38. The molecule has 0 spiro atoms. The first-order chi connectivity index (χ1) is 8.80. The minimum absolute atomic E-state index is 0.103. The number of piperazine rings is 1. The van der Waals surface area contributed by atoms with Crippen LogP contribution in [-0.2, 0) is 19.6 Å². The van der Waals surface area contributed by atoms with Crippen LogP contribution in [-0.4, -0.2) is 42.7 Å². The molecule has 1 aromatic rings. The number of nitrogens with two attached hydrogens (primary N) is 1. The Balaban J connectivity index is 2.39. The van der Waals surface area contributed by atoms with Gasteiger partial charge in [0.1, 0.15) is 5.75 Å². The molecule has 1 aromatic carbocycles. The monoisotopic (exact) mass is 285 g/mol. The molecule has 1 saturated heterocycles. The van der Waals surface area contributed by atoms with E-state index in [1.54, 1.807) is 0 Å². The Morgan fingerprint density at radius 2 is 1.79 bits per heavy atom. The molecule has 1 aliphatic heterocycles. The number of rotatable bonds is 2. The number of anilines is 1. The highest BCUT2D eigenvalue weighted by Crippen LogP contribution is 2.25. The number of carbonyl (C=O) groups excluding carboxylic acids is 2. The van der Waals surface area contributed by atoms with Crippen LogP contribution < -0.4 is 11.1 Å². The van der Waals surface area contributed by atoms with E-state index in [0.29, 0.717) is 0 Å². The second-order valence-corrected chi connectivity index (χ2v) is 5.90. The summed E-state index contributed by atoms with van der Waals surface area (Å²) in [4.78, 5) is 22.2. The van der Waals surface area contributed by atoms with Crippen molar-refractivity contribution >= 4 is 27.5 Å². The summed E-state index contributed by atoms with van der Waals surface area (Å²) in [5.74, 6) is -1.62. The minimum Gasteiger partial charge on any atom is -0.506 e. The molecular weight excluding hydrogens is 274 g/mol. The summed E-state index contributed by atoms with van der Waals surface area (Å²) in [5, 5.41) is 11.3. The van der Waals surface area contributed by atoms with E-state index in [1.807, 2.05) is 5.32 Å². The SMILES string of the molecule is Nc1cc(S(=O)(=O)N2CC(=O)NC(=O)C2)ccc1O. The number of aromatic hydroxyl groups is 1. The molecule has 19 heavy (non-hydrogen) atoms. The number of hydrogen-bond donors (Lipinski definition) is 3. The highest BCUT2D eigenvalue weighted by Gasteiger charge is 2.33. The number of carbonyl (C=O) groups is 2. The number of imide groups is 1. The second kappa shape index (κ2) is 4.52. The van der Waals surface area contributed by atoms with Gasteiger partial charge in [0.2, 0.25) is 21.8 Å². The molecule has 2 rings (SSSR count). The summed E-state index contributed by atoms with van der Waals surface area (Å²) in [6.07, 6.45) is 0. The summed E-state index contributed by atoms with van der Waals surface area (Å²) >= 11 is 0. The van der Waals surface area contributed by atoms with Gasteiger partial charge in [0.25, 0.3) is 0 Å². The fourth-order valence-corrected chi connectivity index (χ4v) is 3.01. The molecule has 1 aliphatic rings. The first-order valence-corrected chi connectivity index (χ1v) is 6.66. The van der Waals surface area contributed by atoms with Gasteiger partial charge in [-0.05, 0) is 18.2 Å². The quantitative estimate of drug-likeness (QED) is 0.349. The van der Waals surface area contributed by atoms with Crippen molar-refractivity contribution in [2.45, 2.75) is 4.90 Å². The van der Waals surface area contributed by atoms with Crippen LogP contribution in [0.3, 0.4) is 0 Å². The van der Waals surface area contributed by atoms with Crippen molar-refractivity contribution in [1.29, 1.82) is 0 Å². The van der Waals surface area contributed by atoms with Crippen molar-refractivity contribution < 1.29 is 23.1 Å². The van der Waals surface area contributed by atoms with Crippen molar-refractivity contribution in [3.8, 4) is 5.75 Å². The van der Waals surface area contributed by atoms with E-state index in [9.17, 15) is 23.1 Å². The Morgan fingerprint density at radius 3 is 2.32 bits per heavy atom. The van der Waals surface area contributed by atoms with Crippen molar-refractivity contribution in [1.82, 2.24) is 9.62 Å². The molecule has 0 unspecified atom stereocenters. The number of nitrogens with zero attached hydrogens (tertiary/aromatic N) is 1. The zero-order valence-electron chi connectivity index (χ0n) is 9.66. The van der Waals surface area contributed by atoms with Gasteiger partial charge in [0, 0.05) is 0 Å². The van der Waals surface area contributed by atoms with Crippen LogP contribution in [0.4, 0.5) is 5.69 Å². The van der Waals surface area contributed by atoms with E-state index in [2.05, 4.69) is 0 Å². The fraction of sp³-hybridized carbons (Fsp3) is 0.200. The second-order valence-electron chi connectivity index (χ2n) is 3.97. The van der Waals surface area contributed by atoms with Gasteiger partial charge >= 0.3 is 0 Å². The number of hydrogen-bond acceptors (Lipinski definition) is 6. The smallest absolute Gasteiger partial charge is 0.244 e. The van der Waals surface area contributed by atoms with Crippen LogP contribution in [0, 0.1) is 0 Å².